The Morgan fingerprint density at radius 2 is 2.45 bits per heavy atom. The molecule has 64 valence electrons. The van der Waals surface area contributed by atoms with E-state index in [9.17, 15) is 4.39 Å². The van der Waals surface area contributed by atoms with Gasteiger partial charge < -0.3 is 10.2 Å². The van der Waals surface area contributed by atoms with Gasteiger partial charge in [0.1, 0.15) is 6.17 Å². The maximum atomic E-state index is 13.4. The first-order valence-corrected chi connectivity index (χ1v) is 4.31. The predicted octanol–water partition coefficient (Wildman–Crippen LogP) is 0.392. The molecule has 0 bridgehead atoms. The molecule has 0 aromatic carbocycles. The van der Waals surface area contributed by atoms with Gasteiger partial charge in [-0.3, -0.25) is 0 Å². The van der Waals surface area contributed by atoms with Crippen molar-refractivity contribution in [2.24, 2.45) is 0 Å². The van der Waals surface area contributed by atoms with Crippen molar-refractivity contribution >= 4 is 0 Å². The number of likely N-dealkylation sites (N-methyl/N-ethyl adjacent to an activating group) is 1. The molecule has 0 radical (unpaired) electrons. The van der Waals surface area contributed by atoms with E-state index in [1.807, 2.05) is 0 Å². The molecule has 2 saturated heterocycles. The van der Waals surface area contributed by atoms with Gasteiger partial charge in [-0.25, -0.2) is 4.39 Å². The molecule has 11 heavy (non-hydrogen) atoms. The molecule has 2 nitrogen and oxygen atoms in total. The van der Waals surface area contributed by atoms with Crippen LogP contribution in [-0.2, 0) is 0 Å². The normalized spacial score (nSPS) is 45.8. The number of halogens is 1. The Morgan fingerprint density at radius 3 is 2.91 bits per heavy atom. The van der Waals surface area contributed by atoms with Crippen LogP contribution < -0.4 is 5.32 Å². The third-order valence-corrected chi connectivity index (χ3v) is 2.97. The van der Waals surface area contributed by atoms with Crippen LogP contribution in [-0.4, -0.2) is 43.3 Å². The monoisotopic (exact) mass is 158 g/mol. The number of rotatable bonds is 0. The summed E-state index contributed by atoms with van der Waals surface area (Å²) in [6.45, 7) is 2.77. The van der Waals surface area contributed by atoms with Gasteiger partial charge in [-0.2, -0.15) is 0 Å². The molecule has 0 aliphatic carbocycles. The second kappa shape index (κ2) is 2.42. The van der Waals surface area contributed by atoms with Crippen molar-refractivity contribution in [3.8, 4) is 0 Å². The van der Waals surface area contributed by atoms with Gasteiger partial charge >= 0.3 is 0 Å². The van der Waals surface area contributed by atoms with Crippen molar-refractivity contribution in [1.82, 2.24) is 10.2 Å². The van der Waals surface area contributed by atoms with E-state index in [2.05, 4.69) is 17.3 Å². The van der Waals surface area contributed by atoms with E-state index < -0.39 is 6.17 Å². The molecule has 0 saturated carbocycles. The Balaban J connectivity index is 2.10. The quantitative estimate of drug-likeness (QED) is 0.548. The van der Waals surface area contributed by atoms with Crippen LogP contribution in [0.3, 0.4) is 0 Å². The molecule has 2 fully saturated rings. The zero-order valence-electron chi connectivity index (χ0n) is 6.94. The summed E-state index contributed by atoms with van der Waals surface area (Å²) < 4.78 is 13.4. The average Bonchev–Trinajstić information content (AvgIpc) is 2.46. The molecular weight excluding hydrogens is 143 g/mol. The van der Waals surface area contributed by atoms with Crippen LogP contribution in [0.5, 0.6) is 0 Å². The first kappa shape index (κ1) is 7.50. The highest BCUT2D eigenvalue weighted by atomic mass is 19.1. The zero-order chi connectivity index (χ0) is 7.90. The minimum atomic E-state index is -0.618. The van der Waals surface area contributed by atoms with E-state index >= 15 is 0 Å². The number of likely N-dealkylation sites (tertiary alicyclic amines) is 1. The van der Waals surface area contributed by atoms with Crippen molar-refractivity contribution in [3.63, 3.8) is 0 Å². The fraction of sp³-hybridized carbons (Fsp3) is 1.00. The third kappa shape index (κ3) is 1.07. The molecule has 2 atom stereocenters. The topological polar surface area (TPSA) is 15.3 Å². The average molecular weight is 158 g/mol. The lowest BCUT2D eigenvalue weighted by Crippen LogP contribution is -2.47. The van der Waals surface area contributed by atoms with Gasteiger partial charge in [0.05, 0.1) is 5.54 Å². The molecule has 2 aliphatic rings. The van der Waals surface area contributed by atoms with Gasteiger partial charge in [0, 0.05) is 6.54 Å². The fourth-order valence-electron chi connectivity index (χ4n) is 2.26. The molecule has 2 aliphatic heterocycles. The van der Waals surface area contributed by atoms with E-state index in [1.54, 1.807) is 0 Å². The number of alkyl halides is 1. The summed E-state index contributed by atoms with van der Waals surface area (Å²) in [5.41, 5.74) is -0.172. The van der Waals surface area contributed by atoms with E-state index in [-0.39, 0.29) is 5.54 Å². The second-order valence-electron chi connectivity index (χ2n) is 3.83. The van der Waals surface area contributed by atoms with Crippen molar-refractivity contribution in [3.05, 3.63) is 0 Å². The lowest BCUT2D eigenvalue weighted by Gasteiger charge is -2.25. The van der Waals surface area contributed by atoms with Crippen LogP contribution in [0, 0.1) is 0 Å². The summed E-state index contributed by atoms with van der Waals surface area (Å²) in [4.78, 5) is 2.20. The minimum absolute atomic E-state index is 0.172. The number of nitrogens with one attached hydrogen (secondary N) is 1. The standard InChI is InChI=1S/C8H15FN2/c1-11-5-3-8(6-11)7(9)2-4-10-8/h7,10H,2-6H2,1H3. The number of hydrogen-bond donors (Lipinski definition) is 1. The lowest BCUT2D eigenvalue weighted by atomic mass is 9.95. The lowest BCUT2D eigenvalue weighted by molar-refractivity contribution is 0.203. The highest BCUT2D eigenvalue weighted by Gasteiger charge is 2.46. The zero-order valence-corrected chi connectivity index (χ0v) is 6.94. The van der Waals surface area contributed by atoms with E-state index in [4.69, 9.17) is 0 Å². The molecule has 2 heterocycles. The Kier molecular flexibility index (Phi) is 1.65. The van der Waals surface area contributed by atoms with Gasteiger partial charge in [-0.15, -0.1) is 0 Å². The van der Waals surface area contributed by atoms with Gasteiger partial charge in [0.25, 0.3) is 0 Å². The van der Waals surface area contributed by atoms with E-state index in [1.165, 1.54) is 0 Å². The molecule has 1 spiro atoms. The van der Waals surface area contributed by atoms with Gasteiger partial charge in [0.2, 0.25) is 0 Å². The second-order valence-corrected chi connectivity index (χ2v) is 3.83. The highest BCUT2D eigenvalue weighted by Crippen LogP contribution is 2.31. The van der Waals surface area contributed by atoms with E-state index in [0.29, 0.717) is 6.42 Å². The molecule has 0 amide bonds. The molecule has 2 unspecified atom stereocenters. The van der Waals surface area contributed by atoms with Crippen LogP contribution in [0.1, 0.15) is 12.8 Å². The molecule has 0 aromatic heterocycles. The first-order chi connectivity index (χ1) is 5.23. The Hall–Kier alpha value is -0.150. The summed E-state index contributed by atoms with van der Waals surface area (Å²) in [6.07, 6.45) is 1.06. The SMILES string of the molecule is CN1CCC2(C1)NCCC2F. The maximum Gasteiger partial charge on any atom is 0.121 e. The Bertz CT molecular complexity index is 162. The number of hydrogen-bond acceptors (Lipinski definition) is 2. The van der Waals surface area contributed by atoms with Crippen LogP contribution in [0.2, 0.25) is 0 Å². The third-order valence-electron chi connectivity index (χ3n) is 2.97. The predicted molar refractivity (Wildman–Crippen MR) is 42.4 cm³/mol. The summed E-state index contributed by atoms with van der Waals surface area (Å²) >= 11 is 0. The Labute approximate surface area is 66.8 Å². The smallest absolute Gasteiger partial charge is 0.121 e. The molecule has 1 N–H and O–H groups in total. The summed E-state index contributed by atoms with van der Waals surface area (Å²) in [5, 5.41) is 3.30. The van der Waals surface area contributed by atoms with Gasteiger partial charge in [0.15, 0.2) is 0 Å². The highest BCUT2D eigenvalue weighted by molar-refractivity contribution is 5.05. The first-order valence-electron chi connectivity index (χ1n) is 4.31. The largest absolute Gasteiger partial charge is 0.307 e. The van der Waals surface area contributed by atoms with Crippen molar-refractivity contribution in [1.29, 1.82) is 0 Å². The van der Waals surface area contributed by atoms with Crippen LogP contribution in [0.15, 0.2) is 0 Å². The summed E-state index contributed by atoms with van der Waals surface area (Å²) in [6, 6.07) is 0. The van der Waals surface area contributed by atoms with E-state index in [0.717, 1.165) is 26.1 Å². The van der Waals surface area contributed by atoms with Gasteiger partial charge in [-0.05, 0) is 33.0 Å². The summed E-state index contributed by atoms with van der Waals surface area (Å²) in [7, 11) is 2.06. The molecule has 2 rings (SSSR count). The number of nitrogens with zero attached hydrogens (tertiary/aromatic N) is 1. The minimum Gasteiger partial charge on any atom is -0.307 e. The van der Waals surface area contributed by atoms with Crippen LogP contribution >= 0.6 is 0 Å². The van der Waals surface area contributed by atoms with Crippen molar-refractivity contribution in [2.75, 3.05) is 26.7 Å². The van der Waals surface area contributed by atoms with Crippen LogP contribution in [0.4, 0.5) is 4.39 Å². The Morgan fingerprint density at radius 1 is 1.64 bits per heavy atom. The van der Waals surface area contributed by atoms with Gasteiger partial charge in [-0.1, -0.05) is 0 Å². The van der Waals surface area contributed by atoms with Crippen LogP contribution in [0.25, 0.3) is 0 Å². The summed E-state index contributed by atoms with van der Waals surface area (Å²) in [5.74, 6) is 0. The molecular formula is C8H15FN2. The van der Waals surface area contributed by atoms with Crippen molar-refractivity contribution < 1.29 is 4.39 Å². The molecule has 0 aromatic rings. The maximum absolute atomic E-state index is 13.4. The fourth-order valence-corrected chi connectivity index (χ4v) is 2.26. The van der Waals surface area contributed by atoms with Crippen molar-refractivity contribution in [2.45, 2.75) is 24.6 Å². The molecule has 3 heteroatoms.